The lowest BCUT2D eigenvalue weighted by Gasteiger charge is -2.37. The maximum absolute atomic E-state index is 12.6. The second-order valence-corrected chi connectivity index (χ2v) is 7.71. The van der Waals surface area contributed by atoms with E-state index >= 15 is 0 Å². The normalized spacial score (nSPS) is 27.4. The summed E-state index contributed by atoms with van der Waals surface area (Å²) in [5.41, 5.74) is 1.68. The number of benzene rings is 1. The van der Waals surface area contributed by atoms with Crippen LogP contribution in [0.3, 0.4) is 0 Å². The lowest BCUT2D eigenvalue weighted by Crippen LogP contribution is -2.52. The molecule has 1 aliphatic rings. The van der Waals surface area contributed by atoms with E-state index in [9.17, 15) is 9.00 Å². The van der Waals surface area contributed by atoms with Gasteiger partial charge in [0, 0.05) is 39.2 Å². The highest BCUT2D eigenvalue weighted by Gasteiger charge is 2.33. The molecule has 1 aliphatic heterocycles. The molecule has 0 aromatic heterocycles. The average Bonchev–Trinajstić information content (AvgIpc) is 2.39. The van der Waals surface area contributed by atoms with Crippen molar-refractivity contribution < 1.29 is 9.00 Å². The topological polar surface area (TPSA) is 37.4 Å². The standard InChI is InChI=1S/C14H18BrNO2S/c1-9-12(5-4-6-13(9)15)14(17)16-7-8-19(18)11(3)10(16)2/h4-6,10-11H,7-8H2,1-3H3/t10-,11-,19+/m0/s1. The van der Waals surface area contributed by atoms with Gasteiger partial charge in [-0.1, -0.05) is 22.0 Å². The number of nitrogens with zero attached hydrogens (tertiary/aromatic N) is 1. The predicted octanol–water partition coefficient (Wildman–Crippen LogP) is 2.74. The summed E-state index contributed by atoms with van der Waals surface area (Å²) in [6.45, 7) is 6.44. The number of carbonyl (C=O) groups is 1. The third-order valence-corrected chi connectivity index (χ3v) is 6.55. The van der Waals surface area contributed by atoms with E-state index in [0.29, 0.717) is 12.3 Å². The molecule has 3 atom stereocenters. The molecule has 0 spiro atoms. The van der Waals surface area contributed by atoms with Crippen molar-refractivity contribution in [1.82, 2.24) is 4.90 Å². The smallest absolute Gasteiger partial charge is 0.254 e. The summed E-state index contributed by atoms with van der Waals surface area (Å²) in [6, 6.07) is 5.68. The summed E-state index contributed by atoms with van der Waals surface area (Å²) in [6.07, 6.45) is 0. The minimum absolute atomic E-state index is 0.0143. The zero-order chi connectivity index (χ0) is 14.2. The van der Waals surface area contributed by atoms with Gasteiger partial charge in [0.15, 0.2) is 0 Å². The van der Waals surface area contributed by atoms with Crippen molar-refractivity contribution in [2.24, 2.45) is 0 Å². The third kappa shape index (κ3) is 2.77. The van der Waals surface area contributed by atoms with E-state index in [-0.39, 0.29) is 17.2 Å². The summed E-state index contributed by atoms with van der Waals surface area (Å²) < 4.78 is 12.7. The Morgan fingerprint density at radius 3 is 2.79 bits per heavy atom. The Hall–Kier alpha value is -0.680. The Morgan fingerprint density at radius 1 is 1.42 bits per heavy atom. The number of hydrogen-bond acceptors (Lipinski definition) is 2. The van der Waals surface area contributed by atoms with Gasteiger partial charge in [-0.2, -0.15) is 0 Å². The van der Waals surface area contributed by atoms with Crippen LogP contribution in [0.4, 0.5) is 0 Å². The van der Waals surface area contributed by atoms with Crippen LogP contribution in [-0.4, -0.2) is 38.6 Å². The largest absolute Gasteiger partial charge is 0.334 e. The second kappa shape index (κ2) is 5.75. The molecule has 2 rings (SSSR count). The van der Waals surface area contributed by atoms with Gasteiger partial charge < -0.3 is 4.90 Å². The molecule has 0 bridgehead atoms. The van der Waals surface area contributed by atoms with Gasteiger partial charge in [0.25, 0.3) is 5.91 Å². The molecule has 1 aromatic carbocycles. The fraction of sp³-hybridized carbons (Fsp3) is 0.500. The predicted molar refractivity (Wildman–Crippen MR) is 81.8 cm³/mol. The summed E-state index contributed by atoms with van der Waals surface area (Å²) >= 11 is 3.46. The van der Waals surface area contributed by atoms with Gasteiger partial charge in [0.2, 0.25) is 0 Å². The first-order valence-electron chi connectivity index (χ1n) is 6.36. The zero-order valence-corrected chi connectivity index (χ0v) is 13.8. The molecule has 1 fully saturated rings. The molecule has 1 aromatic rings. The van der Waals surface area contributed by atoms with Crippen molar-refractivity contribution in [1.29, 1.82) is 0 Å². The van der Waals surface area contributed by atoms with E-state index in [1.807, 2.05) is 43.9 Å². The van der Waals surface area contributed by atoms with Crippen LogP contribution in [0.15, 0.2) is 22.7 Å². The van der Waals surface area contributed by atoms with Crippen LogP contribution in [-0.2, 0) is 10.8 Å². The molecular weight excluding hydrogens is 326 g/mol. The number of rotatable bonds is 1. The number of carbonyl (C=O) groups excluding carboxylic acids is 1. The Morgan fingerprint density at radius 2 is 2.11 bits per heavy atom. The van der Waals surface area contributed by atoms with Crippen LogP contribution in [0.25, 0.3) is 0 Å². The average molecular weight is 344 g/mol. The van der Waals surface area contributed by atoms with Gasteiger partial charge in [0.05, 0.1) is 5.25 Å². The molecule has 0 saturated carbocycles. The summed E-state index contributed by atoms with van der Waals surface area (Å²) in [7, 11) is -0.822. The molecule has 1 saturated heterocycles. The number of halogens is 1. The Balaban J connectivity index is 2.29. The molecule has 3 nitrogen and oxygen atoms in total. The molecule has 0 N–H and O–H groups in total. The van der Waals surface area contributed by atoms with E-state index in [4.69, 9.17) is 0 Å². The maximum Gasteiger partial charge on any atom is 0.254 e. The highest BCUT2D eigenvalue weighted by atomic mass is 79.9. The maximum atomic E-state index is 12.6. The molecule has 1 amide bonds. The van der Waals surface area contributed by atoms with Crippen molar-refractivity contribution in [2.45, 2.75) is 32.1 Å². The van der Waals surface area contributed by atoms with Crippen LogP contribution in [0.5, 0.6) is 0 Å². The minimum Gasteiger partial charge on any atom is -0.334 e. The first-order chi connectivity index (χ1) is 8.93. The van der Waals surface area contributed by atoms with Crippen LogP contribution >= 0.6 is 15.9 Å². The Kier molecular flexibility index (Phi) is 4.46. The monoisotopic (exact) mass is 343 g/mol. The van der Waals surface area contributed by atoms with E-state index in [1.165, 1.54) is 0 Å². The molecule has 0 unspecified atom stereocenters. The Bertz CT molecular complexity index is 532. The SMILES string of the molecule is Cc1c(Br)cccc1C(=O)N1CC[S@@](=O)[C@@H](C)[C@@H]1C. The van der Waals surface area contributed by atoms with Gasteiger partial charge in [0.1, 0.15) is 0 Å². The van der Waals surface area contributed by atoms with Gasteiger partial charge in [-0.25, -0.2) is 0 Å². The van der Waals surface area contributed by atoms with Crippen LogP contribution < -0.4 is 0 Å². The quantitative estimate of drug-likeness (QED) is 0.786. The van der Waals surface area contributed by atoms with E-state index < -0.39 is 10.8 Å². The van der Waals surface area contributed by atoms with E-state index in [0.717, 1.165) is 15.6 Å². The van der Waals surface area contributed by atoms with Gasteiger partial charge in [-0.15, -0.1) is 0 Å². The van der Waals surface area contributed by atoms with Crippen LogP contribution in [0.2, 0.25) is 0 Å². The number of hydrogen-bond donors (Lipinski definition) is 0. The summed E-state index contributed by atoms with van der Waals surface area (Å²) in [5, 5.41) is 0.0326. The molecular formula is C14H18BrNO2S. The third-order valence-electron chi connectivity index (χ3n) is 3.88. The van der Waals surface area contributed by atoms with Gasteiger partial charge in [-0.05, 0) is 38.5 Å². The van der Waals surface area contributed by atoms with E-state index in [2.05, 4.69) is 15.9 Å². The fourth-order valence-electron chi connectivity index (χ4n) is 2.33. The molecule has 19 heavy (non-hydrogen) atoms. The summed E-state index contributed by atoms with van der Waals surface area (Å²) in [4.78, 5) is 14.5. The molecule has 0 aliphatic carbocycles. The number of amides is 1. The lowest BCUT2D eigenvalue weighted by atomic mass is 10.1. The highest BCUT2D eigenvalue weighted by molar-refractivity contribution is 9.10. The second-order valence-electron chi connectivity index (χ2n) is 4.94. The Labute approximate surface area is 125 Å². The molecule has 1 heterocycles. The van der Waals surface area contributed by atoms with Crippen LogP contribution in [0.1, 0.15) is 29.8 Å². The lowest BCUT2D eigenvalue weighted by molar-refractivity contribution is 0.0695. The van der Waals surface area contributed by atoms with Crippen molar-refractivity contribution in [3.8, 4) is 0 Å². The van der Waals surface area contributed by atoms with Crippen molar-refractivity contribution in [3.05, 3.63) is 33.8 Å². The first-order valence-corrected chi connectivity index (χ1v) is 8.54. The van der Waals surface area contributed by atoms with Gasteiger partial charge in [-0.3, -0.25) is 9.00 Å². The fourth-order valence-corrected chi connectivity index (χ4v) is 4.03. The zero-order valence-electron chi connectivity index (χ0n) is 11.4. The van der Waals surface area contributed by atoms with Crippen molar-refractivity contribution in [2.75, 3.05) is 12.3 Å². The molecule has 5 heteroatoms. The minimum atomic E-state index is -0.822. The first kappa shape index (κ1) is 14.7. The van der Waals surface area contributed by atoms with Crippen molar-refractivity contribution >= 4 is 32.6 Å². The van der Waals surface area contributed by atoms with Gasteiger partial charge >= 0.3 is 0 Å². The summed E-state index contributed by atoms with van der Waals surface area (Å²) in [5.74, 6) is 0.611. The highest BCUT2D eigenvalue weighted by Crippen LogP contribution is 2.24. The molecule has 0 radical (unpaired) electrons. The molecule has 104 valence electrons. The van der Waals surface area contributed by atoms with E-state index in [1.54, 1.807) is 0 Å². The van der Waals surface area contributed by atoms with Crippen LogP contribution in [0, 0.1) is 6.92 Å². The van der Waals surface area contributed by atoms with Crippen molar-refractivity contribution in [3.63, 3.8) is 0 Å².